The maximum absolute atomic E-state index is 13.0. The molecule has 0 unspecified atom stereocenters. The Bertz CT molecular complexity index is 2170. The number of nitrogens with two attached hydrogens (primary N) is 2. The predicted octanol–water partition coefficient (Wildman–Crippen LogP) is 5.42. The lowest BCUT2D eigenvalue weighted by molar-refractivity contribution is 0.0699. The average Bonchev–Trinajstić information content (AvgIpc) is 3.76. The minimum Gasteiger partial charge on any atom is -0.478 e. The van der Waals surface area contributed by atoms with Crippen molar-refractivity contribution in [3.63, 3.8) is 0 Å². The Morgan fingerprint density at radius 3 is 2.23 bits per heavy atom. The molecule has 13 nitrogen and oxygen atoms in total. The lowest BCUT2D eigenvalue weighted by atomic mass is 10.2. The van der Waals surface area contributed by atoms with E-state index in [1.807, 2.05) is 35.2 Å². The fourth-order valence-corrected chi connectivity index (χ4v) is 7.41. The lowest BCUT2D eigenvalue weighted by Gasteiger charge is -2.07. The highest BCUT2D eigenvalue weighted by Gasteiger charge is 2.19. The molecule has 216 valence electrons. The number of halogens is 1. The Hall–Kier alpha value is -4.58. The summed E-state index contributed by atoms with van der Waals surface area (Å²) in [6.45, 7) is 2.53. The molecule has 7 aromatic rings. The summed E-state index contributed by atoms with van der Waals surface area (Å²) < 4.78 is 3.86. The van der Waals surface area contributed by atoms with Crippen LogP contribution in [-0.2, 0) is 6.54 Å². The van der Waals surface area contributed by atoms with Gasteiger partial charge >= 0.3 is 5.97 Å². The molecule has 0 radical (unpaired) electrons. The van der Waals surface area contributed by atoms with Crippen molar-refractivity contribution >= 4 is 110 Å². The number of thiophene rings is 2. The minimum atomic E-state index is -0.996. The van der Waals surface area contributed by atoms with E-state index in [2.05, 4.69) is 51.3 Å². The minimum absolute atomic E-state index is 0.175. The second kappa shape index (κ2) is 11.6. The monoisotopic (exact) mass is 694 g/mol. The highest BCUT2D eigenvalue weighted by atomic mass is 79.9. The summed E-state index contributed by atoms with van der Waals surface area (Å²) in [6.07, 6.45) is 2.62. The molecule has 0 bridgehead atoms. The van der Waals surface area contributed by atoms with Crippen LogP contribution in [0.2, 0.25) is 0 Å². The van der Waals surface area contributed by atoms with Crippen molar-refractivity contribution in [2.24, 2.45) is 0 Å². The number of nitrogens with zero attached hydrogens (tertiary/aromatic N) is 7. The first-order chi connectivity index (χ1) is 20.7. The molecule has 6 heterocycles. The summed E-state index contributed by atoms with van der Waals surface area (Å²) in [7, 11) is 0. The van der Waals surface area contributed by atoms with Gasteiger partial charge in [-0.2, -0.15) is 5.10 Å². The lowest BCUT2D eigenvalue weighted by Crippen LogP contribution is -2.12. The van der Waals surface area contributed by atoms with Crippen LogP contribution in [0, 0.1) is 6.92 Å². The average molecular weight is 696 g/mol. The number of thiazole rings is 1. The number of aromatic nitrogens is 7. The molecule has 0 saturated carbocycles. The van der Waals surface area contributed by atoms with Gasteiger partial charge in [-0.25, -0.2) is 29.7 Å². The molecule has 6 N–H and O–H groups in total. The zero-order valence-electron chi connectivity index (χ0n) is 22.0. The first kappa shape index (κ1) is 28.5. The third-order valence-corrected chi connectivity index (χ3v) is 9.66. The van der Waals surface area contributed by atoms with E-state index in [1.165, 1.54) is 40.7 Å². The quantitative estimate of drug-likeness (QED) is 0.179. The fourth-order valence-electron chi connectivity index (χ4n) is 4.25. The third-order valence-electron chi connectivity index (χ3n) is 6.17. The molecule has 17 heteroatoms. The number of benzene rings is 1. The number of aryl methyl sites for hydroxylation is 1. The number of nitrogens with one attached hydrogen (secondary N) is 1. The van der Waals surface area contributed by atoms with Gasteiger partial charge in [0.2, 0.25) is 0 Å². The van der Waals surface area contributed by atoms with Crippen LogP contribution in [0.5, 0.6) is 0 Å². The number of carboxylic acid groups (broad SMARTS) is 1. The van der Waals surface area contributed by atoms with Gasteiger partial charge in [0.05, 0.1) is 49.2 Å². The van der Waals surface area contributed by atoms with Gasteiger partial charge < -0.3 is 21.9 Å². The van der Waals surface area contributed by atoms with Gasteiger partial charge in [0.15, 0.2) is 0 Å². The summed E-state index contributed by atoms with van der Waals surface area (Å²) in [5.74, 6) is -0.568. The van der Waals surface area contributed by atoms with E-state index in [-0.39, 0.29) is 11.5 Å². The number of fused-ring (bicyclic) bond motifs is 3. The zero-order valence-corrected chi connectivity index (χ0v) is 26.0. The predicted molar refractivity (Wildman–Crippen MR) is 172 cm³/mol. The first-order valence-electron chi connectivity index (χ1n) is 12.3. The van der Waals surface area contributed by atoms with Gasteiger partial charge in [0.25, 0.3) is 5.91 Å². The number of rotatable bonds is 5. The van der Waals surface area contributed by atoms with Crippen LogP contribution < -0.4 is 16.8 Å². The van der Waals surface area contributed by atoms with Crippen LogP contribution >= 0.6 is 49.9 Å². The highest BCUT2D eigenvalue weighted by molar-refractivity contribution is 9.10. The Morgan fingerprint density at radius 1 is 0.953 bits per heavy atom. The van der Waals surface area contributed by atoms with E-state index in [1.54, 1.807) is 16.7 Å². The number of aromatic carboxylic acids is 1. The number of nitrogen functional groups attached to an aromatic ring is 2. The second-order valence-electron chi connectivity index (χ2n) is 8.96. The van der Waals surface area contributed by atoms with Gasteiger partial charge in [0, 0.05) is 21.8 Å². The van der Waals surface area contributed by atoms with Crippen molar-refractivity contribution in [1.82, 2.24) is 34.7 Å². The maximum atomic E-state index is 13.0. The number of anilines is 3. The highest BCUT2D eigenvalue weighted by Crippen LogP contribution is 2.33. The second-order valence-corrected chi connectivity index (χ2v) is 12.4. The summed E-state index contributed by atoms with van der Waals surface area (Å²) in [6, 6.07) is 5.71. The van der Waals surface area contributed by atoms with Crippen LogP contribution in [0.4, 0.5) is 17.3 Å². The smallest absolute Gasteiger partial charge is 0.338 e. The molecule has 43 heavy (non-hydrogen) atoms. The van der Waals surface area contributed by atoms with Crippen molar-refractivity contribution < 1.29 is 14.7 Å². The number of hydrogen-bond acceptors (Lipinski definition) is 13. The molecule has 0 aliphatic rings. The Balaban J connectivity index is 0.000000211. The van der Waals surface area contributed by atoms with E-state index in [4.69, 9.17) is 16.6 Å². The van der Waals surface area contributed by atoms with Gasteiger partial charge in [-0.3, -0.25) is 9.48 Å². The molecule has 0 fully saturated rings. The van der Waals surface area contributed by atoms with Crippen molar-refractivity contribution in [3.05, 3.63) is 73.4 Å². The maximum Gasteiger partial charge on any atom is 0.338 e. The van der Waals surface area contributed by atoms with Crippen LogP contribution in [-0.4, -0.2) is 51.7 Å². The van der Waals surface area contributed by atoms with E-state index in [9.17, 15) is 9.59 Å². The fraction of sp³-hybridized carbons (Fsp3) is 0.0769. The summed E-state index contributed by atoms with van der Waals surface area (Å²) in [5.41, 5.74) is 15.6. The number of carbonyl (C=O) groups excluding carboxylic acids is 1. The number of hydrogen-bond donors (Lipinski definition) is 4. The van der Waals surface area contributed by atoms with Crippen molar-refractivity contribution in [2.45, 2.75) is 13.5 Å². The first-order valence-corrected chi connectivity index (χ1v) is 15.7. The Morgan fingerprint density at radius 2 is 1.60 bits per heavy atom. The molecule has 1 aromatic carbocycles. The van der Waals surface area contributed by atoms with E-state index >= 15 is 0 Å². The van der Waals surface area contributed by atoms with Crippen LogP contribution in [0.15, 0.2) is 51.6 Å². The van der Waals surface area contributed by atoms with Gasteiger partial charge in [0.1, 0.15) is 39.4 Å². The van der Waals surface area contributed by atoms with Crippen LogP contribution in [0.1, 0.15) is 31.4 Å². The molecular formula is C26H19BrN10O3S3. The topological polar surface area (TPSA) is 201 Å². The molecule has 0 aliphatic carbocycles. The van der Waals surface area contributed by atoms with Crippen molar-refractivity contribution in [3.8, 4) is 0 Å². The summed E-state index contributed by atoms with van der Waals surface area (Å²) in [4.78, 5) is 44.0. The Kier molecular flexibility index (Phi) is 7.70. The molecule has 6 aromatic heterocycles. The summed E-state index contributed by atoms with van der Waals surface area (Å²) >= 11 is 7.73. The molecule has 0 atom stereocenters. The molecule has 7 rings (SSSR count). The van der Waals surface area contributed by atoms with Crippen LogP contribution in [0.3, 0.4) is 0 Å². The van der Waals surface area contributed by atoms with E-state index in [0.29, 0.717) is 54.5 Å². The summed E-state index contributed by atoms with van der Waals surface area (Å²) in [5, 5.41) is 23.4. The molecule has 1 amide bonds. The van der Waals surface area contributed by atoms with Crippen molar-refractivity contribution in [2.75, 3.05) is 16.8 Å². The zero-order chi connectivity index (χ0) is 30.2. The normalized spacial score (nSPS) is 11.1. The SMILES string of the molecule is Cc1csc(Cn2nc(Br)c3c(NC(=O)c4csc5c(N)ncnc45)cccc32)n1.Nc1ncnc2c(C(=O)O)csc12. The van der Waals surface area contributed by atoms with Crippen LogP contribution in [0.25, 0.3) is 31.3 Å². The van der Waals surface area contributed by atoms with Gasteiger partial charge in [-0.15, -0.1) is 34.0 Å². The van der Waals surface area contributed by atoms with Gasteiger partial charge in [-0.05, 0) is 35.0 Å². The molecular weight excluding hydrogens is 676 g/mol. The number of carboxylic acids is 1. The van der Waals surface area contributed by atoms with E-state index < -0.39 is 5.97 Å². The molecule has 0 aliphatic heterocycles. The number of amides is 1. The number of carbonyl (C=O) groups is 2. The van der Waals surface area contributed by atoms with Crippen molar-refractivity contribution in [1.29, 1.82) is 0 Å². The third kappa shape index (κ3) is 5.50. The Labute approximate surface area is 262 Å². The van der Waals surface area contributed by atoms with Gasteiger partial charge in [-0.1, -0.05) is 6.07 Å². The molecule has 0 spiro atoms. The standard InChI is InChI=1S/C19H14BrN7OS2.C7H5N3O2S/c1-9-6-29-13(24-9)5-27-12-4-2-3-11(14(12)17(20)26-27)25-19(28)10-7-30-16-15(10)22-8-23-18(16)21;8-6-5-4(9-2-10-6)3(1-13-5)7(11)12/h2-4,6-8H,5H2,1H3,(H,25,28)(H2,21,22,23);1-2H,(H,11,12)(H2,8,9,10). The largest absolute Gasteiger partial charge is 0.478 e. The molecule has 0 saturated heterocycles. The van der Waals surface area contributed by atoms with E-state index in [0.717, 1.165) is 21.6 Å².